The molecule has 0 radical (unpaired) electrons. The fraction of sp³-hybridized carbons (Fsp3) is 0.103. The van der Waals surface area contributed by atoms with Gasteiger partial charge in [0.05, 0.1) is 0 Å². The second-order valence-corrected chi connectivity index (χ2v) is 9.49. The van der Waals surface area contributed by atoms with Crippen LogP contribution in [0.15, 0.2) is 97.1 Å². The molecule has 178 valence electrons. The number of rotatable bonds is 7. The second-order valence-electron chi connectivity index (χ2n) is 8.51. The summed E-state index contributed by atoms with van der Waals surface area (Å²) in [6.07, 6.45) is 0.340. The highest BCUT2D eigenvalue weighted by atomic mass is 32.1. The first-order valence-electron chi connectivity index (χ1n) is 11.6. The third kappa shape index (κ3) is 5.31. The molecule has 6 nitrogen and oxygen atoms in total. The van der Waals surface area contributed by atoms with Crippen LogP contribution in [0.1, 0.15) is 21.5 Å². The summed E-state index contributed by atoms with van der Waals surface area (Å²) in [4.78, 5) is 26.7. The first-order chi connectivity index (χ1) is 17.6. The lowest BCUT2D eigenvalue weighted by atomic mass is 10.0. The van der Waals surface area contributed by atoms with Crippen LogP contribution in [0.5, 0.6) is 0 Å². The molecule has 0 fully saturated rings. The van der Waals surface area contributed by atoms with Gasteiger partial charge in [-0.05, 0) is 35.4 Å². The van der Waals surface area contributed by atoms with Crippen molar-refractivity contribution in [2.75, 3.05) is 5.32 Å². The van der Waals surface area contributed by atoms with Gasteiger partial charge in [0, 0.05) is 17.5 Å². The molecule has 2 amide bonds. The minimum atomic E-state index is -0.801. The quantitative estimate of drug-likeness (QED) is 0.308. The fourth-order valence-electron chi connectivity index (χ4n) is 4.08. The summed E-state index contributed by atoms with van der Waals surface area (Å²) in [6, 6.07) is 30.0. The van der Waals surface area contributed by atoms with Crippen LogP contribution in [-0.2, 0) is 11.2 Å². The summed E-state index contributed by atoms with van der Waals surface area (Å²) < 4.78 is 0. The van der Waals surface area contributed by atoms with Crippen molar-refractivity contribution in [2.24, 2.45) is 0 Å². The average Bonchev–Trinajstić information content (AvgIpc) is 3.37. The third-order valence-electron chi connectivity index (χ3n) is 5.86. The van der Waals surface area contributed by atoms with Crippen molar-refractivity contribution in [3.63, 3.8) is 0 Å². The van der Waals surface area contributed by atoms with Crippen LogP contribution >= 0.6 is 11.3 Å². The smallest absolute Gasteiger partial charge is 0.252 e. The zero-order valence-electron chi connectivity index (χ0n) is 19.6. The standard InChI is InChI=1S/C29H24N4O2S/c1-19-9-7-14-22(17-19)28-32-33-29(36-28)31-27(35)25(18-20-10-3-2-4-11-20)30-26(34)24-16-8-13-21-12-5-6-15-23(21)24/h2-17,25H,18H2,1H3,(H,30,34)(H,31,33,35)/t25-/m1/s1. The Hall–Kier alpha value is -4.36. The molecule has 0 unspecified atom stereocenters. The van der Waals surface area contributed by atoms with Gasteiger partial charge in [-0.3, -0.25) is 14.9 Å². The Kier molecular flexibility index (Phi) is 6.82. The summed E-state index contributed by atoms with van der Waals surface area (Å²) in [5.41, 5.74) is 3.52. The van der Waals surface area contributed by atoms with Gasteiger partial charge in [-0.2, -0.15) is 0 Å². The monoisotopic (exact) mass is 492 g/mol. The number of carbonyl (C=O) groups is 2. The summed E-state index contributed by atoms with van der Waals surface area (Å²) in [7, 11) is 0. The molecule has 1 aromatic heterocycles. The van der Waals surface area contributed by atoms with E-state index < -0.39 is 6.04 Å². The number of nitrogens with one attached hydrogen (secondary N) is 2. The Morgan fingerprint density at radius 1 is 0.861 bits per heavy atom. The Labute approximate surface area is 213 Å². The number of hydrogen-bond donors (Lipinski definition) is 2. The predicted octanol–water partition coefficient (Wildman–Crippen LogP) is 5.65. The number of nitrogens with zero attached hydrogens (tertiary/aromatic N) is 2. The largest absolute Gasteiger partial charge is 0.340 e. The van der Waals surface area contributed by atoms with E-state index in [0.29, 0.717) is 22.1 Å². The van der Waals surface area contributed by atoms with E-state index in [2.05, 4.69) is 20.8 Å². The van der Waals surface area contributed by atoms with Crippen LogP contribution < -0.4 is 10.6 Å². The second kappa shape index (κ2) is 10.5. The zero-order valence-corrected chi connectivity index (χ0v) is 20.5. The number of carbonyl (C=O) groups excluding carboxylic acids is 2. The van der Waals surface area contributed by atoms with Crippen LogP contribution in [0, 0.1) is 6.92 Å². The molecule has 5 rings (SSSR count). The van der Waals surface area contributed by atoms with Gasteiger partial charge >= 0.3 is 0 Å². The molecule has 0 aliphatic carbocycles. The fourth-order valence-corrected chi connectivity index (χ4v) is 4.82. The number of amides is 2. The van der Waals surface area contributed by atoms with Crippen molar-refractivity contribution >= 4 is 39.1 Å². The van der Waals surface area contributed by atoms with Crippen molar-refractivity contribution < 1.29 is 9.59 Å². The molecule has 2 N–H and O–H groups in total. The molecule has 7 heteroatoms. The highest BCUT2D eigenvalue weighted by Crippen LogP contribution is 2.27. The molecule has 0 saturated heterocycles. The van der Waals surface area contributed by atoms with Gasteiger partial charge in [0.25, 0.3) is 5.91 Å². The summed E-state index contributed by atoms with van der Waals surface area (Å²) in [6.45, 7) is 2.01. The number of benzene rings is 4. The first kappa shape index (κ1) is 23.4. The molecule has 1 heterocycles. The first-order valence-corrected chi connectivity index (χ1v) is 12.4. The molecule has 0 bridgehead atoms. The topological polar surface area (TPSA) is 84.0 Å². The Balaban J connectivity index is 1.38. The summed E-state index contributed by atoms with van der Waals surface area (Å²) >= 11 is 1.30. The van der Waals surface area contributed by atoms with Crippen LogP contribution in [0.25, 0.3) is 21.3 Å². The minimum Gasteiger partial charge on any atom is -0.340 e. The van der Waals surface area contributed by atoms with E-state index in [0.717, 1.165) is 27.5 Å². The molecule has 0 aliphatic heterocycles. The van der Waals surface area contributed by atoms with Gasteiger partial charge in [-0.15, -0.1) is 10.2 Å². The van der Waals surface area contributed by atoms with Gasteiger partial charge < -0.3 is 5.32 Å². The molecular formula is C29H24N4O2S. The highest BCUT2D eigenvalue weighted by Gasteiger charge is 2.24. The van der Waals surface area contributed by atoms with Crippen molar-refractivity contribution in [2.45, 2.75) is 19.4 Å². The molecule has 5 aromatic rings. The van der Waals surface area contributed by atoms with Crippen LogP contribution in [0.4, 0.5) is 5.13 Å². The van der Waals surface area contributed by atoms with E-state index in [9.17, 15) is 9.59 Å². The van der Waals surface area contributed by atoms with Gasteiger partial charge in [0.15, 0.2) is 0 Å². The maximum atomic E-state index is 13.4. The van der Waals surface area contributed by atoms with E-state index >= 15 is 0 Å². The summed E-state index contributed by atoms with van der Waals surface area (Å²) in [5, 5.41) is 17.1. The Morgan fingerprint density at radius 2 is 1.61 bits per heavy atom. The molecule has 1 atom stereocenters. The van der Waals surface area contributed by atoms with E-state index in [1.54, 1.807) is 6.07 Å². The van der Waals surface area contributed by atoms with E-state index in [4.69, 9.17) is 0 Å². The molecule has 0 saturated carbocycles. The van der Waals surface area contributed by atoms with Gasteiger partial charge in [0.1, 0.15) is 11.0 Å². The highest BCUT2D eigenvalue weighted by molar-refractivity contribution is 7.18. The maximum Gasteiger partial charge on any atom is 0.252 e. The van der Waals surface area contributed by atoms with Crippen molar-refractivity contribution in [1.29, 1.82) is 0 Å². The lowest BCUT2D eigenvalue weighted by Gasteiger charge is -2.18. The van der Waals surface area contributed by atoms with Crippen molar-refractivity contribution in [1.82, 2.24) is 15.5 Å². The van der Waals surface area contributed by atoms with E-state index in [1.807, 2.05) is 97.9 Å². The Morgan fingerprint density at radius 3 is 2.44 bits per heavy atom. The molecule has 0 spiro atoms. The number of fused-ring (bicyclic) bond motifs is 1. The third-order valence-corrected chi connectivity index (χ3v) is 6.75. The number of hydrogen-bond acceptors (Lipinski definition) is 5. The normalized spacial score (nSPS) is 11.7. The van der Waals surface area contributed by atoms with Crippen LogP contribution in [-0.4, -0.2) is 28.1 Å². The molecular weight excluding hydrogens is 468 g/mol. The molecule has 0 aliphatic rings. The maximum absolute atomic E-state index is 13.4. The van der Waals surface area contributed by atoms with E-state index in [1.165, 1.54) is 11.3 Å². The lowest BCUT2D eigenvalue weighted by Crippen LogP contribution is -2.45. The SMILES string of the molecule is Cc1cccc(-c2nnc(NC(=O)[C@@H](Cc3ccccc3)NC(=O)c3cccc4ccccc34)s2)c1. The van der Waals surface area contributed by atoms with Crippen molar-refractivity contribution in [3.05, 3.63) is 114 Å². The lowest BCUT2D eigenvalue weighted by molar-refractivity contribution is -0.118. The van der Waals surface area contributed by atoms with Crippen molar-refractivity contribution in [3.8, 4) is 10.6 Å². The van der Waals surface area contributed by atoms with Crippen LogP contribution in [0.2, 0.25) is 0 Å². The number of anilines is 1. The molecule has 4 aromatic carbocycles. The van der Waals surface area contributed by atoms with E-state index in [-0.39, 0.29) is 11.8 Å². The Bertz CT molecular complexity index is 1530. The average molecular weight is 493 g/mol. The van der Waals surface area contributed by atoms with Gasteiger partial charge in [0.2, 0.25) is 11.0 Å². The minimum absolute atomic E-state index is 0.305. The predicted molar refractivity (Wildman–Crippen MR) is 144 cm³/mol. The summed E-state index contributed by atoms with van der Waals surface area (Å²) in [5.74, 6) is -0.653. The van der Waals surface area contributed by atoms with Crippen LogP contribution in [0.3, 0.4) is 0 Å². The number of aromatic nitrogens is 2. The molecule has 36 heavy (non-hydrogen) atoms. The number of aryl methyl sites for hydroxylation is 1. The van der Waals surface area contributed by atoms with Gasteiger partial charge in [-0.1, -0.05) is 102 Å². The zero-order chi connectivity index (χ0) is 24.9. The van der Waals surface area contributed by atoms with Gasteiger partial charge in [-0.25, -0.2) is 0 Å².